The van der Waals surface area contributed by atoms with E-state index in [1.165, 1.54) is 17.0 Å². The molecule has 6 nitrogen and oxygen atoms in total. The summed E-state index contributed by atoms with van der Waals surface area (Å²) in [5.41, 5.74) is 4.56. The third-order valence-corrected chi connectivity index (χ3v) is 8.26. The van der Waals surface area contributed by atoms with E-state index in [9.17, 15) is 12.8 Å². The van der Waals surface area contributed by atoms with Crippen LogP contribution in [0.1, 0.15) is 28.3 Å². The van der Waals surface area contributed by atoms with Crippen LogP contribution >= 0.6 is 0 Å². The van der Waals surface area contributed by atoms with Gasteiger partial charge in [0.1, 0.15) is 11.9 Å². The fourth-order valence-corrected chi connectivity index (χ4v) is 6.48. The molecular formula is C26H32FN4O2S+. The number of rotatable bonds is 7. The zero-order valence-corrected chi connectivity index (χ0v) is 20.7. The van der Waals surface area contributed by atoms with E-state index in [-0.39, 0.29) is 18.4 Å². The van der Waals surface area contributed by atoms with E-state index in [0.717, 1.165) is 54.1 Å². The number of nitrogens with one attached hydrogen (secondary N) is 2. The Morgan fingerprint density at radius 3 is 2.29 bits per heavy atom. The number of nitrogens with zero attached hydrogens (tertiary/aromatic N) is 2. The van der Waals surface area contributed by atoms with Crippen molar-refractivity contribution in [2.24, 2.45) is 0 Å². The summed E-state index contributed by atoms with van der Waals surface area (Å²) >= 11 is 0. The van der Waals surface area contributed by atoms with Crippen LogP contribution in [-0.4, -0.2) is 46.1 Å². The number of piperazine rings is 1. The van der Waals surface area contributed by atoms with Crippen LogP contribution in [0.5, 0.6) is 0 Å². The third-order valence-electron chi connectivity index (χ3n) is 6.53. The molecule has 1 atom stereocenters. The van der Waals surface area contributed by atoms with Gasteiger partial charge in [0.2, 0.25) is 10.0 Å². The molecule has 0 aliphatic carbocycles. The second kappa shape index (κ2) is 10.2. The van der Waals surface area contributed by atoms with Crippen LogP contribution in [0.4, 0.5) is 10.1 Å². The molecule has 2 N–H and O–H groups in total. The molecule has 1 aliphatic rings. The van der Waals surface area contributed by atoms with Gasteiger partial charge < -0.3 is 9.80 Å². The molecule has 34 heavy (non-hydrogen) atoms. The number of halogens is 1. The number of sulfonamides is 1. The summed E-state index contributed by atoms with van der Waals surface area (Å²) in [6, 6.07) is 14.2. The number of anilines is 1. The number of benzene rings is 2. The molecule has 1 aromatic heterocycles. The van der Waals surface area contributed by atoms with E-state index in [1.807, 2.05) is 51.2 Å². The van der Waals surface area contributed by atoms with Crippen molar-refractivity contribution in [2.75, 3.05) is 37.6 Å². The lowest BCUT2D eigenvalue weighted by Crippen LogP contribution is -3.15. The standard InChI is InChI=1S/C26H31FN4O2S/c1-19-15-20(2)26(21(3)16-19)34(32,33)29-18-25(22-5-4-10-28-17-22)31-13-11-30(12-14-31)24-8-6-23(27)7-9-24/h4-10,15-17,25,29H,11-14,18H2,1-3H3/p+1. The van der Waals surface area contributed by atoms with Crippen LogP contribution in [0, 0.1) is 26.6 Å². The normalized spacial score (nSPS) is 15.9. The molecule has 0 saturated carbocycles. The molecule has 1 saturated heterocycles. The Morgan fingerprint density at radius 1 is 1.06 bits per heavy atom. The predicted octanol–water partition coefficient (Wildman–Crippen LogP) is 2.57. The highest BCUT2D eigenvalue weighted by Crippen LogP contribution is 2.22. The van der Waals surface area contributed by atoms with Crippen LogP contribution in [0.2, 0.25) is 0 Å². The summed E-state index contributed by atoms with van der Waals surface area (Å²) in [6.07, 6.45) is 3.55. The Bertz CT molecular complexity index is 1200. The molecule has 8 heteroatoms. The Hall–Kier alpha value is -2.81. The Morgan fingerprint density at radius 2 is 1.71 bits per heavy atom. The van der Waals surface area contributed by atoms with Gasteiger partial charge >= 0.3 is 0 Å². The molecule has 2 aromatic carbocycles. The predicted molar refractivity (Wildman–Crippen MR) is 132 cm³/mol. The van der Waals surface area contributed by atoms with Crippen molar-refractivity contribution in [3.63, 3.8) is 0 Å². The van der Waals surface area contributed by atoms with E-state index in [4.69, 9.17) is 0 Å². The van der Waals surface area contributed by atoms with E-state index >= 15 is 0 Å². The van der Waals surface area contributed by atoms with Crippen molar-refractivity contribution in [1.29, 1.82) is 0 Å². The SMILES string of the molecule is Cc1cc(C)c(S(=O)(=O)NCC(c2cccnc2)[NH+]2CCN(c3ccc(F)cc3)CC2)c(C)c1. The zero-order chi connectivity index (χ0) is 24.3. The van der Waals surface area contributed by atoms with E-state index in [1.54, 1.807) is 18.3 Å². The van der Waals surface area contributed by atoms with Gasteiger partial charge in [-0.05, 0) is 68.3 Å². The van der Waals surface area contributed by atoms with Crippen LogP contribution in [0.25, 0.3) is 0 Å². The second-order valence-corrected chi connectivity index (χ2v) is 10.7. The molecule has 0 bridgehead atoms. The molecule has 3 aromatic rings. The minimum Gasteiger partial charge on any atom is -0.360 e. The van der Waals surface area contributed by atoms with Crippen molar-refractivity contribution < 1.29 is 17.7 Å². The summed E-state index contributed by atoms with van der Waals surface area (Å²) in [5.74, 6) is -0.240. The van der Waals surface area contributed by atoms with Gasteiger partial charge in [-0.2, -0.15) is 0 Å². The first-order valence-corrected chi connectivity index (χ1v) is 13.1. The van der Waals surface area contributed by atoms with Gasteiger partial charge in [-0.1, -0.05) is 17.7 Å². The van der Waals surface area contributed by atoms with E-state index in [0.29, 0.717) is 4.90 Å². The lowest BCUT2D eigenvalue weighted by molar-refractivity contribution is -0.930. The molecule has 1 fully saturated rings. The van der Waals surface area contributed by atoms with Crippen LogP contribution < -0.4 is 14.5 Å². The topological polar surface area (TPSA) is 66.7 Å². The lowest BCUT2D eigenvalue weighted by atomic mass is 10.1. The van der Waals surface area contributed by atoms with Gasteiger partial charge in [0.15, 0.2) is 0 Å². The molecule has 1 unspecified atom stereocenters. The Labute approximate surface area is 201 Å². The van der Waals surface area contributed by atoms with Gasteiger partial charge in [0, 0.05) is 23.6 Å². The van der Waals surface area contributed by atoms with E-state index in [2.05, 4.69) is 14.6 Å². The quantitative estimate of drug-likeness (QED) is 0.542. The smallest absolute Gasteiger partial charge is 0.241 e. The fraction of sp³-hybridized carbons (Fsp3) is 0.346. The molecule has 2 heterocycles. The first kappa shape index (κ1) is 24.3. The first-order valence-electron chi connectivity index (χ1n) is 11.6. The van der Waals surface area contributed by atoms with Crippen LogP contribution in [-0.2, 0) is 10.0 Å². The molecule has 4 rings (SSSR count). The van der Waals surface area contributed by atoms with Gasteiger partial charge in [0.25, 0.3) is 0 Å². The summed E-state index contributed by atoms with van der Waals surface area (Å²) in [4.78, 5) is 8.18. The van der Waals surface area contributed by atoms with Crippen LogP contribution in [0.3, 0.4) is 0 Å². The second-order valence-electron chi connectivity index (χ2n) is 9.04. The Kier molecular flexibility index (Phi) is 7.30. The van der Waals surface area contributed by atoms with Crippen molar-refractivity contribution in [1.82, 2.24) is 9.71 Å². The average Bonchev–Trinajstić information content (AvgIpc) is 2.80. The average molecular weight is 484 g/mol. The number of hydrogen-bond donors (Lipinski definition) is 2. The van der Waals surface area contributed by atoms with Crippen molar-refractivity contribution in [3.8, 4) is 0 Å². The van der Waals surface area contributed by atoms with Crippen molar-refractivity contribution in [2.45, 2.75) is 31.7 Å². The highest BCUT2D eigenvalue weighted by atomic mass is 32.2. The summed E-state index contributed by atoms with van der Waals surface area (Å²) < 4.78 is 42.8. The number of pyridine rings is 1. The van der Waals surface area contributed by atoms with Gasteiger partial charge in [-0.3, -0.25) is 4.98 Å². The summed E-state index contributed by atoms with van der Waals surface area (Å²) in [5, 5.41) is 0. The maximum Gasteiger partial charge on any atom is 0.241 e. The van der Waals surface area contributed by atoms with Crippen LogP contribution in [0.15, 0.2) is 65.8 Å². The molecule has 0 spiro atoms. The molecule has 0 radical (unpaired) electrons. The van der Waals surface area contributed by atoms with E-state index < -0.39 is 10.0 Å². The minimum atomic E-state index is -3.67. The molecular weight excluding hydrogens is 451 g/mol. The first-order chi connectivity index (χ1) is 16.2. The van der Waals surface area contributed by atoms with Gasteiger partial charge in [-0.15, -0.1) is 0 Å². The number of aryl methyl sites for hydroxylation is 3. The Balaban J connectivity index is 1.51. The lowest BCUT2D eigenvalue weighted by Gasteiger charge is -2.37. The fourth-order valence-electron chi connectivity index (χ4n) is 4.99. The van der Waals surface area contributed by atoms with Crippen molar-refractivity contribution in [3.05, 3.63) is 89.0 Å². The molecule has 1 aliphatic heterocycles. The molecule has 0 amide bonds. The maximum absolute atomic E-state index is 13.3. The highest BCUT2D eigenvalue weighted by molar-refractivity contribution is 7.89. The maximum atomic E-state index is 13.3. The monoisotopic (exact) mass is 483 g/mol. The summed E-state index contributed by atoms with van der Waals surface area (Å²) in [6.45, 7) is 9.22. The highest BCUT2D eigenvalue weighted by Gasteiger charge is 2.31. The largest absolute Gasteiger partial charge is 0.360 e. The van der Waals surface area contributed by atoms with Crippen molar-refractivity contribution >= 4 is 15.7 Å². The third kappa shape index (κ3) is 5.46. The number of aromatic nitrogens is 1. The number of hydrogen-bond acceptors (Lipinski definition) is 4. The zero-order valence-electron chi connectivity index (χ0n) is 19.9. The van der Waals surface area contributed by atoms with Gasteiger partial charge in [0.05, 0.1) is 37.6 Å². The number of quaternary nitrogens is 1. The minimum absolute atomic E-state index is 0.0649. The van der Waals surface area contributed by atoms with Gasteiger partial charge in [-0.25, -0.2) is 17.5 Å². The molecule has 180 valence electrons. The summed E-state index contributed by atoms with van der Waals surface area (Å²) in [7, 11) is -3.67.